The van der Waals surface area contributed by atoms with E-state index >= 15 is 0 Å². The second-order valence-corrected chi connectivity index (χ2v) is 8.22. The maximum atomic E-state index is 11.0. The Balaban J connectivity index is 1.53. The number of carboxylic acids is 1. The molecule has 0 amide bonds. The minimum Gasteiger partial charge on any atom is -0.478 e. The number of rotatable bonds is 7. The minimum absolute atomic E-state index is 0.269. The number of aromatic nitrogens is 2. The summed E-state index contributed by atoms with van der Waals surface area (Å²) in [6.45, 7) is 1.66. The van der Waals surface area contributed by atoms with Crippen molar-refractivity contribution in [1.29, 1.82) is 0 Å². The van der Waals surface area contributed by atoms with E-state index in [0.717, 1.165) is 35.4 Å². The molecule has 4 N–H and O–H groups in total. The predicted molar refractivity (Wildman–Crippen MR) is 125 cm³/mol. The molecule has 6 heteroatoms. The van der Waals surface area contributed by atoms with Crippen molar-refractivity contribution in [3.63, 3.8) is 0 Å². The first-order chi connectivity index (χ1) is 15.1. The number of carboxylic acid groups (broad SMARTS) is 1. The fraction of sp³-hybridized carbons (Fsp3) is 0.320. The Kier molecular flexibility index (Phi) is 6.57. The van der Waals surface area contributed by atoms with Gasteiger partial charge in [0.15, 0.2) is 5.82 Å². The number of aromatic carboxylic acids is 1. The fourth-order valence-corrected chi connectivity index (χ4v) is 4.25. The topological polar surface area (TPSA) is 101 Å². The first kappa shape index (κ1) is 21.0. The largest absolute Gasteiger partial charge is 0.478 e. The lowest BCUT2D eigenvalue weighted by Crippen LogP contribution is -2.26. The lowest BCUT2D eigenvalue weighted by Gasteiger charge is -2.28. The monoisotopic (exact) mass is 416 g/mol. The second-order valence-electron chi connectivity index (χ2n) is 8.22. The maximum Gasteiger partial charge on any atom is 0.335 e. The van der Waals surface area contributed by atoms with Crippen LogP contribution in [0.1, 0.15) is 47.4 Å². The highest BCUT2D eigenvalue weighted by atomic mass is 16.4. The Morgan fingerprint density at radius 1 is 1.06 bits per heavy atom. The highest BCUT2D eigenvalue weighted by Crippen LogP contribution is 2.29. The van der Waals surface area contributed by atoms with Crippen molar-refractivity contribution in [2.45, 2.75) is 25.7 Å². The first-order valence-corrected chi connectivity index (χ1v) is 10.8. The van der Waals surface area contributed by atoms with Crippen molar-refractivity contribution in [2.75, 3.05) is 18.4 Å². The number of fused-ring (bicyclic) bond motifs is 1. The summed E-state index contributed by atoms with van der Waals surface area (Å²) in [5.41, 5.74) is 7.95. The van der Waals surface area contributed by atoms with E-state index in [1.54, 1.807) is 24.3 Å². The number of nitrogens with zero attached hydrogens (tertiary/aromatic N) is 2. The second kappa shape index (κ2) is 9.71. The number of nitrogens with one attached hydrogen (secondary N) is 1. The molecule has 3 aromatic rings. The number of hydrogen-bond donors (Lipinski definition) is 3. The SMILES string of the molecule is NCC1CCCC(CNc2nc(/C=C/c3ccc(C(=O)O)cc3)nc3ccccc23)C1. The van der Waals surface area contributed by atoms with Crippen LogP contribution in [0, 0.1) is 11.8 Å². The van der Waals surface area contributed by atoms with Crippen molar-refractivity contribution < 1.29 is 9.90 Å². The third kappa shape index (κ3) is 5.27. The molecule has 160 valence electrons. The van der Waals surface area contributed by atoms with Crippen LogP contribution in [0.15, 0.2) is 48.5 Å². The van der Waals surface area contributed by atoms with E-state index in [-0.39, 0.29) is 5.56 Å². The van der Waals surface area contributed by atoms with Crippen molar-refractivity contribution in [3.05, 3.63) is 65.5 Å². The first-order valence-electron chi connectivity index (χ1n) is 10.8. The highest BCUT2D eigenvalue weighted by Gasteiger charge is 2.21. The Morgan fingerprint density at radius 2 is 1.84 bits per heavy atom. The van der Waals surface area contributed by atoms with Gasteiger partial charge in [-0.25, -0.2) is 14.8 Å². The Hall–Kier alpha value is -3.25. The lowest BCUT2D eigenvalue weighted by molar-refractivity contribution is 0.0697. The molecule has 1 saturated carbocycles. The number of carbonyl (C=O) groups is 1. The average molecular weight is 417 g/mol. The highest BCUT2D eigenvalue weighted by molar-refractivity contribution is 5.90. The molecule has 2 atom stereocenters. The van der Waals surface area contributed by atoms with Gasteiger partial charge in [-0.05, 0) is 73.5 Å². The van der Waals surface area contributed by atoms with Crippen molar-refractivity contribution >= 4 is 34.8 Å². The zero-order valence-corrected chi connectivity index (χ0v) is 17.5. The molecule has 0 radical (unpaired) electrons. The molecule has 1 heterocycles. The van der Waals surface area contributed by atoms with E-state index in [2.05, 4.69) is 10.3 Å². The van der Waals surface area contributed by atoms with Gasteiger partial charge in [-0.3, -0.25) is 0 Å². The fourth-order valence-electron chi connectivity index (χ4n) is 4.25. The van der Waals surface area contributed by atoms with Crippen LogP contribution in [-0.2, 0) is 0 Å². The molecule has 1 fully saturated rings. The molecule has 0 bridgehead atoms. The lowest BCUT2D eigenvalue weighted by atomic mass is 9.81. The number of benzene rings is 2. The van der Waals surface area contributed by atoms with E-state index in [1.165, 1.54) is 25.7 Å². The van der Waals surface area contributed by atoms with Gasteiger partial charge in [-0.2, -0.15) is 0 Å². The van der Waals surface area contributed by atoms with Crippen molar-refractivity contribution in [2.24, 2.45) is 17.6 Å². The Morgan fingerprint density at radius 3 is 2.61 bits per heavy atom. The third-order valence-electron chi connectivity index (χ3n) is 5.99. The predicted octanol–water partition coefficient (Wildman–Crippen LogP) is 4.68. The van der Waals surface area contributed by atoms with Gasteiger partial charge in [0.05, 0.1) is 11.1 Å². The van der Waals surface area contributed by atoms with E-state index < -0.39 is 5.97 Å². The molecular formula is C25H28N4O2. The van der Waals surface area contributed by atoms with Gasteiger partial charge in [-0.1, -0.05) is 36.8 Å². The summed E-state index contributed by atoms with van der Waals surface area (Å²) in [6.07, 6.45) is 8.64. The summed E-state index contributed by atoms with van der Waals surface area (Å²) in [6, 6.07) is 14.7. The van der Waals surface area contributed by atoms with Crippen LogP contribution in [0.5, 0.6) is 0 Å². The number of nitrogens with two attached hydrogens (primary N) is 1. The number of para-hydroxylation sites is 1. The summed E-state index contributed by atoms with van der Waals surface area (Å²) >= 11 is 0. The smallest absolute Gasteiger partial charge is 0.335 e. The molecule has 1 aliphatic carbocycles. The van der Waals surface area contributed by atoms with Crippen LogP contribution >= 0.6 is 0 Å². The van der Waals surface area contributed by atoms with E-state index in [9.17, 15) is 4.79 Å². The van der Waals surface area contributed by atoms with Crippen molar-refractivity contribution in [1.82, 2.24) is 9.97 Å². The maximum absolute atomic E-state index is 11.0. The van der Waals surface area contributed by atoms with Crippen molar-refractivity contribution in [3.8, 4) is 0 Å². The van der Waals surface area contributed by atoms with Gasteiger partial charge in [0.1, 0.15) is 5.82 Å². The zero-order chi connectivity index (χ0) is 21.6. The summed E-state index contributed by atoms with van der Waals surface area (Å²) in [5, 5.41) is 13.6. The zero-order valence-electron chi connectivity index (χ0n) is 17.5. The number of hydrogen-bond acceptors (Lipinski definition) is 5. The van der Waals surface area contributed by atoms with Gasteiger partial charge in [0.2, 0.25) is 0 Å². The molecule has 0 saturated heterocycles. The molecule has 0 spiro atoms. The van der Waals surface area contributed by atoms with Gasteiger partial charge in [0, 0.05) is 11.9 Å². The molecule has 1 aromatic heterocycles. The van der Waals surface area contributed by atoms with Crippen LogP contribution in [0.25, 0.3) is 23.1 Å². The van der Waals surface area contributed by atoms with Gasteiger partial charge in [0.25, 0.3) is 0 Å². The molecule has 1 aliphatic rings. The summed E-state index contributed by atoms with van der Waals surface area (Å²) in [4.78, 5) is 20.4. The third-order valence-corrected chi connectivity index (χ3v) is 5.99. The Bertz CT molecular complexity index is 1080. The normalized spacial score (nSPS) is 19.0. The van der Waals surface area contributed by atoms with Crippen LogP contribution in [-0.4, -0.2) is 34.1 Å². The van der Waals surface area contributed by atoms with Crippen LogP contribution in [0.2, 0.25) is 0 Å². The van der Waals surface area contributed by atoms with Crippen LogP contribution in [0.4, 0.5) is 5.82 Å². The van der Waals surface area contributed by atoms with Crippen LogP contribution in [0.3, 0.4) is 0 Å². The molecule has 4 rings (SSSR count). The Labute approximate surface area is 182 Å². The quantitative estimate of drug-likeness (QED) is 0.517. The average Bonchev–Trinajstić information content (AvgIpc) is 2.81. The van der Waals surface area contributed by atoms with Crippen LogP contribution < -0.4 is 11.1 Å². The summed E-state index contributed by atoms with van der Waals surface area (Å²) in [7, 11) is 0. The van der Waals surface area contributed by atoms with Gasteiger partial charge < -0.3 is 16.2 Å². The summed E-state index contributed by atoms with van der Waals surface area (Å²) in [5.74, 6) is 1.78. The van der Waals surface area contributed by atoms with E-state index in [0.29, 0.717) is 17.7 Å². The van der Waals surface area contributed by atoms with E-state index in [1.807, 2.05) is 36.4 Å². The molecule has 6 nitrogen and oxygen atoms in total. The molecule has 31 heavy (non-hydrogen) atoms. The molecular weight excluding hydrogens is 388 g/mol. The molecule has 0 aliphatic heterocycles. The minimum atomic E-state index is -0.931. The van der Waals surface area contributed by atoms with Gasteiger partial charge in [-0.15, -0.1) is 0 Å². The molecule has 2 unspecified atom stereocenters. The van der Waals surface area contributed by atoms with Gasteiger partial charge >= 0.3 is 5.97 Å². The number of anilines is 1. The standard InChI is InChI=1S/C25H28N4O2/c26-15-18-4-3-5-19(14-18)16-27-24-21-6-1-2-7-22(21)28-23(29-24)13-10-17-8-11-20(12-9-17)25(30)31/h1-2,6-13,18-19H,3-5,14-16,26H2,(H,30,31)(H,27,28,29)/b13-10+. The summed E-state index contributed by atoms with van der Waals surface area (Å²) < 4.78 is 0. The molecule has 2 aromatic carbocycles. The van der Waals surface area contributed by atoms with E-state index in [4.69, 9.17) is 15.8 Å².